The zero-order chi connectivity index (χ0) is 23.0. The number of amides is 1. The van der Waals surface area contributed by atoms with Crippen molar-refractivity contribution in [1.82, 2.24) is 9.47 Å². The Kier molecular flexibility index (Phi) is 5.20. The van der Waals surface area contributed by atoms with Crippen molar-refractivity contribution in [2.75, 3.05) is 26.8 Å². The predicted octanol–water partition coefficient (Wildman–Crippen LogP) is 3.72. The van der Waals surface area contributed by atoms with Crippen molar-refractivity contribution in [3.8, 4) is 22.9 Å². The number of nitrogens with zero attached hydrogens (tertiary/aromatic N) is 2. The molecule has 0 atom stereocenters. The van der Waals surface area contributed by atoms with E-state index in [1.165, 1.54) is 7.11 Å². The maximum Gasteiger partial charge on any atom is 0.341 e. The Labute approximate surface area is 192 Å². The van der Waals surface area contributed by atoms with Crippen LogP contribution in [0.5, 0.6) is 17.2 Å². The van der Waals surface area contributed by atoms with Gasteiger partial charge in [0.15, 0.2) is 23.7 Å². The number of ether oxygens (including phenoxy) is 3. The van der Waals surface area contributed by atoms with Gasteiger partial charge in [-0.1, -0.05) is 12.1 Å². The molecule has 1 fully saturated rings. The van der Waals surface area contributed by atoms with E-state index in [2.05, 4.69) is 16.8 Å². The van der Waals surface area contributed by atoms with Crippen molar-refractivity contribution < 1.29 is 30.3 Å². The first kappa shape index (κ1) is 20.9. The highest BCUT2D eigenvalue weighted by atomic mass is 16.5. The van der Waals surface area contributed by atoms with Crippen molar-refractivity contribution in [3.63, 3.8) is 0 Å². The summed E-state index contributed by atoms with van der Waals surface area (Å²) < 4.78 is 19.2. The number of rotatable bonds is 5. The molecule has 0 bridgehead atoms. The Bertz CT molecular complexity index is 1220. The third kappa shape index (κ3) is 3.67. The quantitative estimate of drug-likeness (QED) is 0.637. The second-order valence-electron chi connectivity index (χ2n) is 8.17. The fourth-order valence-corrected chi connectivity index (χ4v) is 4.64. The average Bonchev–Trinajstić information content (AvgIpc) is 3.34. The molecule has 3 heterocycles. The predicted molar refractivity (Wildman–Crippen MR) is 121 cm³/mol. The third-order valence-corrected chi connectivity index (χ3v) is 6.27. The van der Waals surface area contributed by atoms with Crippen LogP contribution in [-0.4, -0.2) is 53.3 Å². The standard InChI is InChI=1S/C25H24N2O6.H2/c1-31-21-15-17(8-9-20(21)32-16-23(28)29)24(30)26-13-10-25(11-14-26)22-7-4-12-27(22)18-5-2-3-6-19(18)33-25;/h2-9,12,15H,10-11,13-14,16H2,1H3,(H,28,29);1H. The van der Waals surface area contributed by atoms with Crippen LogP contribution in [0.25, 0.3) is 5.69 Å². The van der Waals surface area contributed by atoms with Gasteiger partial charge in [-0.2, -0.15) is 0 Å². The first-order valence-corrected chi connectivity index (χ1v) is 10.8. The number of methoxy groups -OCH3 is 1. The van der Waals surface area contributed by atoms with Crippen molar-refractivity contribution in [2.45, 2.75) is 18.4 Å². The van der Waals surface area contributed by atoms with E-state index in [-0.39, 0.29) is 13.1 Å². The molecule has 0 aliphatic carbocycles. The molecule has 1 N–H and O–H groups in total. The van der Waals surface area contributed by atoms with E-state index in [4.69, 9.17) is 19.3 Å². The number of benzene rings is 2. The Morgan fingerprint density at radius 3 is 2.64 bits per heavy atom. The Morgan fingerprint density at radius 1 is 1.09 bits per heavy atom. The molecule has 2 aliphatic rings. The average molecular weight is 450 g/mol. The highest BCUT2D eigenvalue weighted by Crippen LogP contribution is 2.45. The summed E-state index contributed by atoms with van der Waals surface area (Å²) in [6.07, 6.45) is 3.40. The number of carbonyl (C=O) groups excluding carboxylic acids is 1. The summed E-state index contributed by atoms with van der Waals surface area (Å²) in [5.74, 6) is 0.255. The lowest BCUT2D eigenvalue weighted by molar-refractivity contribution is -0.139. The van der Waals surface area contributed by atoms with Gasteiger partial charge >= 0.3 is 5.97 Å². The van der Waals surface area contributed by atoms with Gasteiger partial charge in [0.05, 0.1) is 18.5 Å². The van der Waals surface area contributed by atoms with E-state index >= 15 is 0 Å². The van der Waals surface area contributed by atoms with Crippen molar-refractivity contribution >= 4 is 11.9 Å². The summed E-state index contributed by atoms with van der Waals surface area (Å²) in [5, 5.41) is 8.82. The molecule has 8 heteroatoms. The van der Waals surface area contributed by atoms with Gasteiger partial charge in [0, 0.05) is 39.1 Å². The number of aromatic nitrogens is 1. The second kappa shape index (κ2) is 8.20. The van der Waals surface area contributed by atoms with E-state index in [1.54, 1.807) is 18.2 Å². The molecular weight excluding hydrogens is 424 g/mol. The molecule has 33 heavy (non-hydrogen) atoms. The van der Waals surface area contributed by atoms with Crippen LogP contribution in [0.15, 0.2) is 60.8 Å². The molecule has 172 valence electrons. The highest BCUT2D eigenvalue weighted by molar-refractivity contribution is 5.95. The summed E-state index contributed by atoms with van der Waals surface area (Å²) in [4.78, 5) is 25.8. The van der Waals surface area contributed by atoms with Gasteiger partial charge in [-0.15, -0.1) is 0 Å². The molecule has 1 spiro atoms. The topological polar surface area (TPSA) is 90.2 Å². The largest absolute Gasteiger partial charge is 0.493 e. The second-order valence-corrected chi connectivity index (χ2v) is 8.17. The van der Waals surface area contributed by atoms with Crippen LogP contribution in [0.1, 0.15) is 30.3 Å². The maximum atomic E-state index is 13.2. The summed E-state index contributed by atoms with van der Waals surface area (Å²) in [7, 11) is 1.45. The van der Waals surface area contributed by atoms with Crippen LogP contribution in [0, 0.1) is 0 Å². The molecule has 3 aromatic rings. The zero-order valence-electron chi connectivity index (χ0n) is 18.2. The number of para-hydroxylation sites is 2. The molecule has 2 aliphatic heterocycles. The summed E-state index contributed by atoms with van der Waals surface area (Å²) >= 11 is 0. The van der Waals surface area contributed by atoms with E-state index in [0.29, 0.717) is 37.2 Å². The van der Waals surface area contributed by atoms with E-state index in [0.717, 1.165) is 17.1 Å². The van der Waals surface area contributed by atoms with Gasteiger partial charge in [-0.05, 0) is 42.5 Å². The lowest BCUT2D eigenvalue weighted by Crippen LogP contribution is -2.50. The Balaban J connectivity index is 0.00000274. The van der Waals surface area contributed by atoms with Crippen LogP contribution < -0.4 is 14.2 Å². The van der Waals surface area contributed by atoms with Crippen LogP contribution in [0.4, 0.5) is 0 Å². The summed E-state index contributed by atoms with van der Waals surface area (Å²) in [5.41, 5.74) is 2.12. The number of fused-ring (bicyclic) bond motifs is 4. The van der Waals surface area contributed by atoms with Crippen LogP contribution >= 0.6 is 0 Å². The van der Waals surface area contributed by atoms with Crippen molar-refractivity contribution in [3.05, 3.63) is 72.1 Å². The molecule has 0 radical (unpaired) electrons. The molecule has 0 saturated carbocycles. The Morgan fingerprint density at radius 2 is 1.88 bits per heavy atom. The minimum Gasteiger partial charge on any atom is -0.493 e. The number of likely N-dealkylation sites (tertiary alicyclic amines) is 1. The van der Waals surface area contributed by atoms with E-state index in [9.17, 15) is 9.59 Å². The van der Waals surface area contributed by atoms with Crippen LogP contribution in [0.2, 0.25) is 0 Å². The minimum absolute atomic E-state index is 0. The molecule has 1 aromatic heterocycles. The van der Waals surface area contributed by atoms with Crippen LogP contribution in [-0.2, 0) is 10.4 Å². The number of carboxylic acids is 1. The number of carboxylic acid groups (broad SMARTS) is 1. The monoisotopic (exact) mass is 450 g/mol. The van der Waals surface area contributed by atoms with Gasteiger partial charge in [0.25, 0.3) is 5.91 Å². The molecule has 1 amide bonds. The lowest BCUT2D eigenvalue weighted by atomic mass is 9.86. The summed E-state index contributed by atoms with van der Waals surface area (Å²) in [6, 6.07) is 16.9. The molecule has 2 aromatic carbocycles. The Hall–Kier alpha value is -3.94. The molecule has 5 rings (SSSR count). The van der Waals surface area contributed by atoms with E-state index < -0.39 is 18.2 Å². The van der Waals surface area contributed by atoms with Gasteiger partial charge in [-0.25, -0.2) is 4.79 Å². The lowest BCUT2D eigenvalue weighted by Gasteiger charge is -2.45. The SMILES string of the molecule is COc1cc(C(=O)N2CCC3(CC2)Oc2ccccc2-n2cccc23)ccc1OCC(=O)O.[HH]. The van der Waals surface area contributed by atoms with Gasteiger partial charge < -0.3 is 28.8 Å². The number of hydrogen-bond donors (Lipinski definition) is 1. The highest BCUT2D eigenvalue weighted by Gasteiger charge is 2.44. The molecular formula is C25H26N2O6. The number of carbonyl (C=O) groups is 2. The third-order valence-electron chi connectivity index (χ3n) is 6.27. The smallest absolute Gasteiger partial charge is 0.341 e. The molecule has 1 saturated heterocycles. The number of hydrogen-bond acceptors (Lipinski definition) is 5. The fraction of sp³-hybridized carbons (Fsp3) is 0.280. The molecule has 8 nitrogen and oxygen atoms in total. The first-order valence-electron chi connectivity index (χ1n) is 10.8. The van der Waals surface area contributed by atoms with Crippen molar-refractivity contribution in [1.29, 1.82) is 0 Å². The minimum atomic E-state index is -1.09. The zero-order valence-corrected chi connectivity index (χ0v) is 18.2. The van der Waals surface area contributed by atoms with Crippen LogP contribution in [0.3, 0.4) is 0 Å². The first-order chi connectivity index (χ1) is 16.0. The van der Waals surface area contributed by atoms with Gasteiger partial charge in [0.1, 0.15) is 5.75 Å². The molecule has 0 unspecified atom stereocenters. The normalized spacial score (nSPS) is 15.8. The van der Waals surface area contributed by atoms with Crippen molar-refractivity contribution in [2.24, 2.45) is 0 Å². The summed E-state index contributed by atoms with van der Waals surface area (Å²) in [6.45, 7) is 0.611. The number of aliphatic carboxylic acids is 1. The van der Waals surface area contributed by atoms with E-state index in [1.807, 2.05) is 35.2 Å². The van der Waals surface area contributed by atoms with Gasteiger partial charge in [0.2, 0.25) is 0 Å². The fourth-order valence-electron chi connectivity index (χ4n) is 4.64. The maximum absolute atomic E-state index is 13.2. The van der Waals surface area contributed by atoms with Gasteiger partial charge in [-0.3, -0.25) is 4.79 Å². The number of piperidine rings is 1.